The molecule has 0 radical (unpaired) electrons. The summed E-state index contributed by atoms with van der Waals surface area (Å²) in [5.41, 5.74) is 1.21. The smallest absolute Gasteiger partial charge is 0.408 e. The molecule has 0 aliphatic rings. The Morgan fingerprint density at radius 2 is 2.11 bits per heavy atom. The summed E-state index contributed by atoms with van der Waals surface area (Å²) in [4.78, 5) is 21.9. The number of nitrogens with one attached hydrogen (secondary N) is 1. The maximum atomic E-state index is 11.7. The van der Waals surface area contributed by atoms with Crippen molar-refractivity contribution in [3.05, 3.63) is 40.3 Å². The van der Waals surface area contributed by atoms with Crippen LogP contribution in [-0.4, -0.2) is 11.7 Å². The van der Waals surface area contributed by atoms with Gasteiger partial charge >= 0.3 is 6.09 Å². The third kappa shape index (κ3) is 5.50. The second kappa shape index (κ2) is 6.31. The highest BCUT2D eigenvalue weighted by Gasteiger charge is 2.18. The molecule has 0 saturated carbocycles. The van der Waals surface area contributed by atoms with Crippen LogP contribution in [0.25, 0.3) is 0 Å². The molecule has 1 aromatic rings. The molecule has 1 unspecified atom stereocenters. The lowest BCUT2D eigenvalue weighted by molar-refractivity contribution is 0.0508. The number of hydrogen-bond acceptors (Lipinski definition) is 4. The first-order valence-corrected chi connectivity index (χ1v) is 6.19. The summed E-state index contributed by atoms with van der Waals surface area (Å²) in [6.07, 6.45) is -0.459. The minimum absolute atomic E-state index is 0.132. The number of rotatable bonds is 4. The minimum Gasteiger partial charge on any atom is -0.444 e. The number of nitrogens with zero attached hydrogens (tertiary/aromatic N) is 1. The molecule has 1 N–H and O–H groups in total. The summed E-state index contributed by atoms with van der Waals surface area (Å²) in [5, 5.41) is 5.61. The Balaban J connectivity index is 2.67. The van der Waals surface area contributed by atoms with Crippen molar-refractivity contribution in [1.29, 1.82) is 0 Å². The van der Waals surface area contributed by atoms with Crippen LogP contribution in [-0.2, 0) is 11.3 Å². The number of ether oxygens (including phenoxy) is 1. The number of alkyl carbamates (subject to hydrolysis) is 1. The highest BCUT2D eigenvalue weighted by molar-refractivity contribution is 5.68. The van der Waals surface area contributed by atoms with Crippen LogP contribution >= 0.6 is 0 Å². The number of amides is 1. The van der Waals surface area contributed by atoms with Gasteiger partial charge in [-0.3, -0.25) is 0 Å². The van der Waals surface area contributed by atoms with E-state index in [1.165, 1.54) is 0 Å². The normalized spacial score (nSPS) is 12.6. The van der Waals surface area contributed by atoms with Crippen LogP contribution in [0.4, 0.5) is 4.79 Å². The molecule has 5 heteroatoms. The summed E-state index contributed by atoms with van der Waals surface area (Å²) < 4.78 is 5.19. The average Bonchev–Trinajstić information content (AvgIpc) is 2.27. The van der Waals surface area contributed by atoms with Crippen LogP contribution < -0.4 is 5.32 Å². The van der Waals surface area contributed by atoms with E-state index in [0.29, 0.717) is 0 Å². The van der Waals surface area contributed by atoms with Crippen molar-refractivity contribution in [2.75, 3.05) is 0 Å². The lowest BCUT2D eigenvalue weighted by atomic mass is 10.1. The van der Waals surface area contributed by atoms with Crippen molar-refractivity contribution in [3.63, 3.8) is 0 Å². The third-order valence-corrected chi connectivity index (χ3v) is 2.43. The lowest BCUT2D eigenvalue weighted by Gasteiger charge is -2.22. The van der Waals surface area contributed by atoms with E-state index < -0.39 is 11.7 Å². The first-order chi connectivity index (χ1) is 8.81. The van der Waals surface area contributed by atoms with Crippen LogP contribution in [0, 0.1) is 4.91 Å². The van der Waals surface area contributed by atoms with Gasteiger partial charge in [-0.15, -0.1) is 0 Å². The van der Waals surface area contributed by atoms with Gasteiger partial charge in [-0.2, -0.15) is 4.91 Å². The van der Waals surface area contributed by atoms with Crippen molar-refractivity contribution in [2.24, 2.45) is 5.18 Å². The predicted molar refractivity (Wildman–Crippen MR) is 73.7 cm³/mol. The van der Waals surface area contributed by atoms with Gasteiger partial charge in [-0.05, 0) is 38.8 Å². The number of benzene rings is 1. The lowest BCUT2D eigenvalue weighted by Crippen LogP contribution is -2.34. The summed E-state index contributed by atoms with van der Waals surface area (Å²) >= 11 is 0. The molecule has 0 spiro atoms. The SMILES string of the molecule is CC(NC(=O)OC(C)(C)C)c1cccc(CN=O)c1. The molecule has 5 nitrogen and oxygen atoms in total. The molecular formula is C14H20N2O3. The highest BCUT2D eigenvalue weighted by Crippen LogP contribution is 2.16. The summed E-state index contributed by atoms with van der Waals surface area (Å²) in [5.74, 6) is 0. The standard InChI is InChI=1S/C14H20N2O3/c1-10(16-13(17)19-14(2,3)4)12-7-5-6-11(8-12)9-15-18/h5-8,10H,9H2,1-4H3,(H,16,17). The molecule has 19 heavy (non-hydrogen) atoms. The van der Waals surface area contributed by atoms with Crippen LogP contribution in [0.5, 0.6) is 0 Å². The third-order valence-electron chi connectivity index (χ3n) is 2.43. The first kappa shape index (κ1) is 15.1. The van der Waals surface area contributed by atoms with Gasteiger partial charge in [0.05, 0.1) is 6.04 Å². The largest absolute Gasteiger partial charge is 0.444 e. The van der Waals surface area contributed by atoms with Crippen molar-refractivity contribution < 1.29 is 9.53 Å². The fourth-order valence-corrected chi connectivity index (χ4v) is 1.60. The Hall–Kier alpha value is -1.91. The van der Waals surface area contributed by atoms with Crippen molar-refractivity contribution in [3.8, 4) is 0 Å². The fourth-order valence-electron chi connectivity index (χ4n) is 1.60. The molecule has 0 aromatic heterocycles. The van der Waals surface area contributed by atoms with Gasteiger partial charge < -0.3 is 10.1 Å². The van der Waals surface area contributed by atoms with Crippen molar-refractivity contribution in [2.45, 2.75) is 45.9 Å². The molecule has 0 bridgehead atoms. The Morgan fingerprint density at radius 3 is 2.68 bits per heavy atom. The van der Waals surface area contributed by atoms with Crippen LogP contribution in [0.3, 0.4) is 0 Å². The van der Waals surface area contributed by atoms with E-state index in [0.717, 1.165) is 11.1 Å². The molecular weight excluding hydrogens is 244 g/mol. The van der Waals surface area contributed by atoms with Crippen molar-refractivity contribution >= 4 is 6.09 Å². The van der Waals surface area contributed by atoms with Gasteiger partial charge in [0, 0.05) is 0 Å². The quantitative estimate of drug-likeness (QED) is 0.846. The molecule has 0 heterocycles. The topological polar surface area (TPSA) is 67.8 Å². The Kier molecular flexibility index (Phi) is 5.03. The maximum Gasteiger partial charge on any atom is 0.408 e. The van der Waals surface area contributed by atoms with E-state index in [2.05, 4.69) is 10.5 Å². The number of hydrogen-bond donors (Lipinski definition) is 1. The molecule has 104 valence electrons. The summed E-state index contributed by atoms with van der Waals surface area (Å²) in [6.45, 7) is 7.43. The Labute approximate surface area is 113 Å². The van der Waals surface area contributed by atoms with Gasteiger partial charge in [0.25, 0.3) is 0 Å². The van der Waals surface area contributed by atoms with E-state index in [-0.39, 0.29) is 12.6 Å². The molecule has 0 fully saturated rings. The maximum absolute atomic E-state index is 11.7. The van der Waals surface area contributed by atoms with Gasteiger partial charge in [0.15, 0.2) is 0 Å². The number of nitroso groups, excluding NO2 is 1. The second-order valence-corrected chi connectivity index (χ2v) is 5.40. The van der Waals surface area contributed by atoms with E-state index in [9.17, 15) is 9.70 Å². The monoisotopic (exact) mass is 264 g/mol. The van der Waals surface area contributed by atoms with Gasteiger partial charge in [0.2, 0.25) is 0 Å². The Morgan fingerprint density at radius 1 is 1.42 bits per heavy atom. The van der Waals surface area contributed by atoms with Gasteiger partial charge in [-0.25, -0.2) is 4.79 Å². The zero-order valence-corrected chi connectivity index (χ0v) is 11.8. The summed E-state index contributed by atoms with van der Waals surface area (Å²) in [6, 6.07) is 7.20. The van der Waals surface area contributed by atoms with Gasteiger partial charge in [0.1, 0.15) is 12.1 Å². The minimum atomic E-state index is -0.521. The molecule has 0 aliphatic carbocycles. The molecule has 0 saturated heterocycles. The van der Waals surface area contributed by atoms with E-state index in [4.69, 9.17) is 4.74 Å². The Bertz CT molecular complexity index is 452. The van der Waals surface area contributed by atoms with E-state index >= 15 is 0 Å². The van der Waals surface area contributed by atoms with Crippen LogP contribution in [0.15, 0.2) is 29.4 Å². The fraction of sp³-hybridized carbons (Fsp3) is 0.500. The molecule has 0 aliphatic heterocycles. The van der Waals surface area contributed by atoms with Gasteiger partial charge in [-0.1, -0.05) is 29.4 Å². The van der Waals surface area contributed by atoms with Crippen LogP contribution in [0.1, 0.15) is 44.9 Å². The molecule has 1 atom stereocenters. The van der Waals surface area contributed by atoms with Crippen molar-refractivity contribution in [1.82, 2.24) is 5.32 Å². The highest BCUT2D eigenvalue weighted by atomic mass is 16.6. The van der Waals surface area contributed by atoms with E-state index in [1.54, 1.807) is 0 Å². The average molecular weight is 264 g/mol. The predicted octanol–water partition coefficient (Wildman–Crippen LogP) is 3.54. The number of carbonyl (C=O) groups excluding carboxylic acids is 1. The van der Waals surface area contributed by atoms with Crippen LogP contribution in [0.2, 0.25) is 0 Å². The molecule has 1 amide bonds. The molecule has 1 aromatic carbocycles. The zero-order chi connectivity index (χ0) is 14.5. The zero-order valence-electron chi connectivity index (χ0n) is 11.8. The first-order valence-electron chi connectivity index (χ1n) is 6.19. The molecule has 1 rings (SSSR count). The van der Waals surface area contributed by atoms with E-state index in [1.807, 2.05) is 52.0 Å². The number of carbonyl (C=O) groups is 1. The second-order valence-electron chi connectivity index (χ2n) is 5.40. The summed E-state index contributed by atoms with van der Waals surface area (Å²) in [7, 11) is 0.